The molecule has 0 saturated carbocycles. The summed E-state index contributed by atoms with van der Waals surface area (Å²) in [6.45, 7) is 4.59. The van der Waals surface area contributed by atoms with Crippen LogP contribution >= 0.6 is 0 Å². The monoisotopic (exact) mass is 488 g/mol. The van der Waals surface area contributed by atoms with E-state index in [0.29, 0.717) is 24.6 Å². The molecule has 0 bridgehead atoms. The molecule has 8 nitrogen and oxygen atoms in total. The first kappa shape index (κ1) is 24.3. The minimum atomic E-state index is -0.440. The molecule has 0 spiro atoms. The van der Waals surface area contributed by atoms with Crippen LogP contribution in [0.4, 0.5) is 5.69 Å². The average Bonchev–Trinajstić information content (AvgIpc) is 3.22. The van der Waals surface area contributed by atoms with Crippen molar-refractivity contribution in [3.8, 4) is 0 Å². The van der Waals surface area contributed by atoms with Gasteiger partial charge in [0, 0.05) is 48.9 Å². The molecule has 8 heteroatoms. The highest BCUT2D eigenvalue weighted by atomic mass is 16.2. The number of nitrogens with one attached hydrogen (secondary N) is 3. The number of rotatable bonds is 8. The van der Waals surface area contributed by atoms with Crippen LogP contribution in [-0.4, -0.2) is 59.9 Å². The smallest absolute Gasteiger partial charge is 0.251 e. The van der Waals surface area contributed by atoms with Crippen LogP contribution in [0.25, 0.3) is 10.9 Å². The highest BCUT2D eigenvalue weighted by Crippen LogP contribution is 2.21. The van der Waals surface area contributed by atoms with Crippen LogP contribution in [-0.2, 0) is 11.3 Å². The number of carbonyl (C=O) groups excluding carboxylic acids is 2. The Morgan fingerprint density at radius 3 is 2.67 bits per heavy atom. The quantitative estimate of drug-likeness (QED) is 0.424. The maximum absolute atomic E-state index is 12.6. The minimum absolute atomic E-state index is 0.0798. The largest absolute Gasteiger partial charge is 0.371 e. The van der Waals surface area contributed by atoms with Crippen LogP contribution in [0.3, 0.4) is 0 Å². The van der Waals surface area contributed by atoms with E-state index in [4.69, 9.17) is 0 Å². The summed E-state index contributed by atoms with van der Waals surface area (Å²) >= 11 is 0. The van der Waals surface area contributed by atoms with Crippen molar-refractivity contribution in [2.45, 2.75) is 57.2 Å². The lowest BCUT2D eigenvalue weighted by Crippen LogP contribution is -2.45. The van der Waals surface area contributed by atoms with E-state index < -0.39 is 6.04 Å². The zero-order valence-corrected chi connectivity index (χ0v) is 20.8. The van der Waals surface area contributed by atoms with Gasteiger partial charge in [0.1, 0.15) is 6.04 Å². The van der Waals surface area contributed by atoms with Gasteiger partial charge in [-0.05, 0) is 75.4 Å². The van der Waals surface area contributed by atoms with Crippen LogP contribution in [0.2, 0.25) is 0 Å². The fourth-order valence-electron chi connectivity index (χ4n) is 5.22. The number of amides is 2. The highest BCUT2D eigenvalue weighted by molar-refractivity contribution is 5.97. The molecule has 1 atom stereocenters. The number of piperidine rings is 1. The molecule has 0 radical (unpaired) electrons. The standard InChI is InChI=1S/C28H36N6O2/c35-27(32-25-7-3-4-15-30-28(25)36)21-9-11-24(12-10-21)33-18-13-23(14-19-33)29-16-5-17-34-26-8-2-1-6-22(26)20-31-34/h1-2,6,8-12,20,23,25,29H,3-5,7,13-19H2,(H,30,36)(H,32,35)/t25-/m0/s1. The Labute approximate surface area is 212 Å². The Morgan fingerprint density at radius 1 is 1.03 bits per heavy atom. The topological polar surface area (TPSA) is 91.3 Å². The van der Waals surface area contributed by atoms with Crippen molar-refractivity contribution in [3.05, 3.63) is 60.3 Å². The van der Waals surface area contributed by atoms with Gasteiger partial charge in [-0.1, -0.05) is 18.2 Å². The van der Waals surface area contributed by atoms with Gasteiger partial charge in [0.25, 0.3) is 5.91 Å². The molecule has 2 amide bonds. The second-order valence-corrected chi connectivity index (χ2v) is 9.86. The molecule has 3 N–H and O–H groups in total. The number of hydrogen-bond donors (Lipinski definition) is 3. The number of aromatic nitrogens is 2. The fraction of sp³-hybridized carbons (Fsp3) is 0.464. The van der Waals surface area contributed by atoms with Crippen molar-refractivity contribution < 1.29 is 9.59 Å². The van der Waals surface area contributed by atoms with Crippen molar-refractivity contribution in [1.82, 2.24) is 25.7 Å². The molecule has 2 saturated heterocycles. The third-order valence-corrected chi connectivity index (χ3v) is 7.36. The molecular weight excluding hydrogens is 452 g/mol. The summed E-state index contributed by atoms with van der Waals surface area (Å²) in [5, 5.41) is 15.2. The molecule has 36 heavy (non-hydrogen) atoms. The molecule has 2 fully saturated rings. The average molecular weight is 489 g/mol. The summed E-state index contributed by atoms with van der Waals surface area (Å²) in [6, 6.07) is 16.2. The number of benzene rings is 2. The van der Waals surface area contributed by atoms with E-state index in [1.165, 1.54) is 10.9 Å². The molecule has 2 aliphatic heterocycles. The normalized spacial score (nSPS) is 19.2. The van der Waals surface area contributed by atoms with Crippen LogP contribution < -0.4 is 20.9 Å². The first-order chi connectivity index (χ1) is 17.7. The molecule has 1 aromatic heterocycles. The van der Waals surface area contributed by atoms with Crippen molar-refractivity contribution in [2.75, 3.05) is 31.1 Å². The van der Waals surface area contributed by atoms with E-state index in [1.54, 1.807) is 0 Å². The molecular formula is C28H36N6O2. The summed E-state index contributed by atoms with van der Waals surface area (Å²) in [5.74, 6) is -0.265. The lowest BCUT2D eigenvalue weighted by molar-refractivity contribution is -0.122. The Balaban J connectivity index is 1.04. The van der Waals surface area contributed by atoms with Gasteiger partial charge in [0.2, 0.25) is 5.91 Å². The number of hydrogen-bond acceptors (Lipinski definition) is 5. The Kier molecular flexibility index (Phi) is 7.81. The fourth-order valence-corrected chi connectivity index (χ4v) is 5.22. The molecule has 2 aliphatic rings. The SMILES string of the molecule is O=C(N[C@H]1CCCCNC1=O)c1ccc(N2CCC(NCCCn3ncc4ccccc43)CC2)cc1. The van der Waals surface area contributed by atoms with Gasteiger partial charge < -0.3 is 20.9 Å². The number of anilines is 1. The molecule has 0 unspecified atom stereocenters. The third kappa shape index (κ3) is 5.87. The second-order valence-electron chi connectivity index (χ2n) is 9.86. The number of para-hydroxylation sites is 1. The number of carbonyl (C=O) groups is 2. The van der Waals surface area contributed by atoms with Gasteiger partial charge in [-0.3, -0.25) is 14.3 Å². The second kappa shape index (κ2) is 11.6. The van der Waals surface area contributed by atoms with Crippen LogP contribution in [0.1, 0.15) is 48.9 Å². The Bertz CT molecular complexity index is 1170. The first-order valence-electron chi connectivity index (χ1n) is 13.2. The van der Waals surface area contributed by atoms with Crippen molar-refractivity contribution in [2.24, 2.45) is 0 Å². The number of nitrogens with zero attached hydrogens (tertiary/aromatic N) is 3. The van der Waals surface area contributed by atoms with E-state index in [-0.39, 0.29) is 11.8 Å². The molecule has 5 rings (SSSR count). The van der Waals surface area contributed by atoms with Crippen molar-refractivity contribution in [3.63, 3.8) is 0 Å². The van der Waals surface area contributed by atoms with Crippen LogP contribution in [0.5, 0.6) is 0 Å². The Hall–Kier alpha value is -3.39. The van der Waals surface area contributed by atoms with E-state index in [1.807, 2.05) is 36.5 Å². The summed E-state index contributed by atoms with van der Waals surface area (Å²) in [5.41, 5.74) is 2.93. The van der Waals surface area contributed by atoms with E-state index in [9.17, 15) is 9.59 Å². The molecule has 3 aromatic rings. The van der Waals surface area contributed by atoms with Gasteiger partial charge in [0.15, 0.2) is 0 Å². The highest BCUT2D eigenvalue weighted by Gasteiger charge is 2.23. The van der Waals surface area contributed by atoms with Gasteiger partial charge >= 0.3 is 0 Å². The summed E-state index contributed by atoms with van der Waals surface area (Å²) in [7, 11) is 0. The lowest BCUT2D eigenvalue weighted by atomic mass is 10.0. The zero-order chi connectivity index (χ0) is 24.7. The predicted molar refractivity (Wildman–Crippen MR) is 142 cm³/mol. The molecule has 190 valence electrons. The van der Waals surface area contributed by atoms with Gasteiger partial charge in [-0.15, -0.1) is 0 Å². The van der Waals surface area contributed by atoms with Crippen LogP contribution in [0.15, 0.2) is 54.7 Å². The van der Waals surface area contributed by atoms with Gasteiger partial charge in [-0.25, -0.2) is 0 Å². The van der Waals surface area contributed by atoms with E-state index in [2.05, 4.69) is 48.8 Å². The molecule has 2 aromatic carbocycles. The van der Waals surface area contributed by atoms with E-state index in [0.717, 1.165) is 64.0 Å². The van der Waals surface area contributed by atoms with Crippen molar-refractivity contribution in [1.29, 1.82) is 0 Å². The summed E-state index contributed by atoms with van der Waals surface area (Å²) in [6.07, 6.45) is 7.79. The lowest BCUT2D eigenvalue weighted by Gasteiger charge is -2.34. The number of fused-ring (bicyclic) bond motifs is 1. The molecule has 0 aliphatic carbocycles. The molecule has 3 heterocycles. The van der Waals surface area contributed by atoms with Crippen molar-refractivity contribution >= 4 is 28.4 Å². The minimum Gasteiger partial charge on any atom is -0.371 e. The van der Waals surface area contributed by atoms with Gasteiger partial charge in [-0.2, -0.15) is 5.10 Å². The summed E-state index contributed by atoms with van der Waals surface area (Å²) in [4.78, 5) is 27.1. The van der Waals surface area contributed by atoms with Crippen LogP contribution in [0, 0.1) is 0 Å². The summed E-state index contributed by atoms with van der Waals surface area (Å²) < 4.78 is 2.09. The maximum atomic E-state index is 12.6. The van der Waals surface area contributed by atoms with E-state index >= 15 is 0 Å². The zero-order valence-electron chi connectivity index (χ0n) is 20.8. The Morgan fingerprint density at radius 2 is 1.83 bits per heavy atom. The predicted octanol–water partition coefficient (Wildman–Crippen LogP) is 3.08. The first-order valence-corrected chi connectivity index (χ1v) is 13.2. The number of aryl methyl sites for hydroxylation is 1. The third-order valence-electron chi connectivity index (χ3n) is 7.36. The maximum Gasteiger partial charge on any atom is 0.251 e. The van der Waals surface area contributed by atoms with Gasteiger partial charge in [0.05, 0.1) is 11.7 Å².